The van der Waals surface area contributed by atoms with Crippen molar-refractivity contribution in [1.29, 1.82) is 0 Å². The molecule has 0 aromatic heterocycles. The molecule has 2 atom stereocenters. The lowest BCUT2D eigenvalue weighted by molar-refractivity contribution is -0.143. The number of carbonyl (C=O) groups excluding carboxylic acids is 3. The van der Waals surface area contributed by atoms with Gasteiger partial charge in [-0.25, -0.2) is 0 Å². The summed E-state index contributed by atoms with van der Waals surface area (Å²) in [7, 11) is 1.28. The fraction of sp³-hybridized carbons (Fsp3) is 0.773. The summed E-state index contributed by atoms with van der Waals surface area (Å²) in [6.07, 6.45) is 9.54. The quantitative estimate of drug-likeness (QED) is 0.206. The first-order valence-corrected chi connectivity index (χ1v) is 10.1. The first kappa shape index (κ1) is 23.5. The van der Waals surface area contributed by atoms with Crippen LogP contribution in [0.1, 0.15) is 72.1 Å². The van der Waals surface area contributed by atoms with Gasteiger partial charge < -0.3 is 9.47 Å². The Labute approximate surface area is 163 Å². The van der Waals surface area contributed by atoms with Gasteiger partial charge in [-0.2, -0.15) is 0 Å². The molecule has 0 aromatic rings. The summed E-state index contributed by atoms with van der Waals surface area (Å²) < 4.78 is 10.0. The molecule has 0 aliphatic heterocycles. The van der Waals surface area contributed by atoms with Gasteiger partial charge >= 0.3 is 5.97 Å². The van der Waals surface area contributed by atoms with E-state index in [-0.39, 0.29) is 23.5 Å². The Bertz CT molecular complexity index is 521. The highest BCUT2D eigenvalue weighted by Gasteiger charge is 2.32. The van der Waals surface area contributed by atoms with Gasteiger partial charge in [-0.1, -0.05) is 32.4 Å². The molecule has 0 aromatic carbocycles. The average molecular weight is 381 g/mol. The molecule has 1 saturated carbocycles. The van der Waals surface area contributed by atoms with Crippen LogP contribution in [0.3, 0.4) is 0 Å². The van der Waals surface area contributed by atoms with E-state index in [1.807, 2.05) is 6.92 Å². The second-order valence-electron chi connectivity index (χ2n) is 8.25. The van der Waals surface area contributed by atoms with E-state index in [9.17, 15) is 14.4 Å². The van der Waals surface area contributed by atoms with Crippen molar-refractivity contribution in [2.75, 3.05) is 20.3 Å². The second-order valence-corrected chi connectivity index (χ2v) is 8.25. The third-order valence-corrected chi connectivity index (χ3v) is 5.20. The molecule has 0 N–H and O–H groups in total. The minimum absolute atomic E-state index is 0.0759. The highest BCUT2D eigenvalue weighted by atomic mass is 16.5. The van der Waals surface area contributed by atoms with Gasteiger partial charge in [0.1, 0.15) is 18.0 Å². The van der Waals surface area contributed by atoms with Gasteiger partial charge in [0.2, 0.25) is 0 Å². The van der Waals surface area contributed by atoms with Gasteiger partial charge in [0.25, 0.3) is 0 Å². The zero-order chi connectivity index (χ0) is 20.3. The van der Waals surface area contributed by atoms with Crippen LogP contribution in [-0.2, 0) is 23.9 Å². The van der Waals surface area contributed by atoms with E-state index in [0.29, 0.717) is 24.5 Å². The predicted molar refractivity (Wildman–Crippen MR) is 105 cm³/mol. The van der Waals surface area contributed by atoms with Crippen molar-refractivity contribution in [3.63, 3.8) is 0 Å². The third kappa shape index (κ3) is 9.32. The molecule has 0 unspecified atom stereocenters. The maximum atomic E-state index is 12.2. The van der Waals surface area contributed by atoms with Gasteiger partial charge in [-0.3, -0.25) is 14.4 Å². The normalized spacial score (nSPS) is 20.4. The molecule has 1 fully saturated rings. The Kier molecular flexibility index (Phi) is 10.5. The standard InChI is InChI=1S/C22H36O5/c1-5-27-16-22(2,3)14-8-9-17-12-13-20(24)19(17)11-7-6-10-18(23)15-21(25)26-4/h8-9,17,19H,5-7,10-16H2,1-4H3/t17-,19+/m0/s1. The van der Waals surface area contributed by atoms with Crippen molar-refractivity contribution in [3.8, 4) is 0 Å². The Morgan fingerprint density at radius 1 is 1.26 bits per heavy atom. The van der Waals surface area contributed by atoms with Crippen LogP contribution in [0.25, 0.3) is 0 Å². The van der Waals surface area contributed by atoms with Crippen LogP contribution in [-0.4, -0.2) is 37.9 Å². The molecule has 0 bridgehead atoms. The lowest BCUT2D eigenvalue weighted by Crippen LogP contribution is -2.18. The largest absolute Gasteiger partial charge is 0.469 e. The molecule has 0 saturated heterocycles. The zero-order valence-corrected chi connectivity index (χ0v) is 17.4. The van der Waals surface area contributed by atoms with Gasteiger partial charge in [0.15, 0.2) is 0 Å². The Morgan fingerprint density at radius 2 is 2.00 bits per heavy atom. The summed E-state index contributed by atoms with van der Waals surface area (Å²) in [4.78, 5) is 35.0. The molecule has 1 rings (SSSR count). The van der Waals surface area contributed by atoms with E-state index in [1.54, 1.807) is 0 Å². The number of allylic oxidation sites excluding steroid dienone is 2. The molecular weight excluding hydrogens is 344 g/mol. The maximum Gasteiger partial charge on any atom is 0.313 e. The molecule has 1 aliphatic rings. The van der Waals surface area contributed by atoms with Gasteiger partial charge in [-0.05, 0) is 43.9 Å². The van der Waals surface area contributed by atoms with Crippen molar-refractivity contribution in [2.45, 2.75) is 72.1 Å². The van der Waals surface area contributed by atoms with Crippen LogP contribution in [0.5, 0.6) is 0 Å². The number of hydrogen-bond acceptors (Lipinski definition) is 5. The number of ketones is 2. The number of hydrogen-bond donors (Lipinski definition) is 0. The van der Waals surface area contributed by atoms with Crippen LogP contribution in [0.4, 0.5) is 0 Å². The summed E-state index contributed by atoms with van der Waals surface area (Å²) >= 11 is 0. The molecule has 0 amide bonds. The highest BCUT2D eigenvalue weighted by molar-refractivity contribution is 5.95. The highest BCUT2D eigenvalue weighted by Crippen LogP contribution is 2.34. The van der Waals surface area contributed by atoms with E-state index in [2.05, 4.69) is 30.7 Å². The number of esters is 1. The van der Waals surface area contributed by atoms with E-state index in [1.165, 1.54) is 7.11 Å². The summed E-state index contributed by atoms with van der Waals surface area (Å²) in [6.45, 7) is 7.85. The average Bonchev–Trinajstić information content (AvgIpc) is 2.96. The van der Waals surface area contributed by atoms with Gasteiger partial charge in [0, 0.05) is 25.4 Å². The van der Waals surface area contributed by atoms with Crippen LogP contribution < -0.4 is 0 Å². The first-order valence-electron chi connectivity index (χ1n) is 10.1. The molecule has 5 heteroatoms. The molecular formula is C22H36O5. The van der Waals surface area contributed by atoms with E-state index in [4.69, 9.17) is 4.74 Å². The summed E-state index contributed by atoms with van der Waals surface area (Å²) in [6, 6.07) is 0. The third-order valence-electron chi connectivity index (χ3n) is 5.20. The van der Waals surface area contributed by atoms with Crippen LogP contribution in [0.15, 0.2) is 12.2 Å². The minimum atomic E-state index is -0.483. The minimum Gasteiger partial charge on any atom is -0.469 e. The SMILES string of the molecule is CCOCC(C)(C)CC=C[C@H]1CCC(=O)[C@@H]1CCCCC(=O)CC(=O)OC. The topological polar surface area (TPSA) is 69.7 Å². The smallest absolute Gasteiger partial charge is 0.313 e. The fourth-order valence-corrected chi connectivity index (χ4v) is 3.55. The van der Waals surface area contributed by atoms with E-state index < -0.39 is 5.97 Å². The van der Waals surface area contributed by atoms with Crippen LogP contribution >= 0.6 is 0 Å². The Morgan fingerprint density at radius 3 is 2.67 bits per heavy atom. The zero-order valence-electron chi connectivity index (χ0n) is 17.4. The predicted octanol–water partition coefficient (Wildman–Crippen LogP) is 4.28. The number of ether oxygens (including phenoxy) is 2. The van der Waals surface area contributed by atoms with Crippen LogP contribution in [0, 0.1) is 17.3 Å². The number of unbranched alkanes of at least 4 members (excludes halogenated alkanes) is 1. The monoisotopic (exact) mass is 380 g/mol. The first-order chi connectivity index (χ1) is 12.8. The summed E-state index contributed by atoms with van der Waals surface area (Å²) in [5.74, 6) is 0.160. The van der Waals surface area contributed by atoms with Crippen LogP contribution in [0.2, 0.25) is 0 Å². The van der Waals surface area contributed by atoms with Crippen molar-refractivity contribution in [1.82, 2.24) is 0 Å². The molecule has 0 spiro atoms. The van der Waals surface area contributed by atoms with E-state index >= 15 is 0 Å². The Hall–Kier alpha value is -1.49. The lowest BCUT2D eigenvalue weighted by Gasteiger charge is -2.22. The fourth-order valence-electron chi connectivity index (χ4n) is 3.55. The molecule has 0 radical (unpaired) electrons. The number of methoxy groups -OCH3 is 1. The number of carbonyl (C=O) groups is 3. The maximum absolute atomic E-state index is 12.2. The van der Waals surface area contributed by atoms with Gasteiger partial charge in [-0.15, -0.1) is 0 Å². The summed E-state index contributed by atoms with van der Waals surface area (Å²) in [5.41, 5.74) is 0.102. The molecule has 27 heavy (non-hydrogen) atoms. The molecule has 0 heterocycles. The van der Waals surface area contributed by atoms with Gasteiger partial charge in [0.05, 0.1) is 13.7 Å². The molecule has 1 aliphatic carbocycles. The summed E-state index contributed by atoms with van der Waals surface area (Å²) in [5, 5.41) is 0. The van der Waals surface area contributed by atoms with Crippen molar-refractivity contribution in [3.05, 3.63) is 12.2 Å². The van der Waals surface area contributed by atoms with Crippen molar-refractivity contribution >= 4 is 17.5 Å². The molecule has 5 nitrogen and oxygen atoms in total. The Balaban J connectivity index is 2.38. The van der Waals surface area contributed by atoms with E-state index in [0.717, 1.165) is 45.3 Å². The lowest BCUT2D eigenvalue weighted by atomic mass is 9.86. The number of Topliss-reactive ketones (excluding diaryl/α,β-unsaturated/α-hetero) is 2. The number of rotatable bonds is 13. The molecule has 154 valence electrons. The van der Waals surface area contributed by atoms with Crippen molar-refractivity contribution in [2.24, 2.45) is 17.3 Å². The second kappa shape index (κ2) is 12.1. The van der Waals surface area contributed by atoms with Crippen molar-refractivity contribution < 1.29 is 23.9 Å².